The van der Waals surface area contributed by atoms with Crippen molar-refractivity contribution in [3.8, 4) is 0 Å². The molecule has 0 unspecified atom stereocenters. The molecule has 0 spiro atoms. The van der Waals surface area contributed by atoms with Gasteiger partial charge >= 0.3 is 96.3 Å². The molecule has 0 aliphatic heterocycles. The van der Waals surface area contributed by atoms with Crippen LogP contribution in [0.3, 0.4) is 0 Å². The van der Waals surface area contributed by atoms with E-state index < -0.39 is 0 Å². The molecule has 0 aromatic heterocycles. The summed E-state index contributed by atoms with van der Waals surface area (Å²) in [6.07, 6.45) is 2.41. The van der Waals surface area contributed by atoms with Crippen molar-refractivity contribution in [1.29, 1.82) is 0 Å². The summed E-state index contributed by atoms with van der Waals surface area (Å²) in [7, 11) is 0. The van der Waals surface area contributed by atoms with Gasteiger partial charge in [0.2, 0.25) is 0 Å². The zero-order valence-electron chi connectivity index (χ0n) is 10.2. The monoisotopic (exact) mass is 239 g/mol. The molecule has 0 saturated carbocycles. The van der Waals surface area contributed by atoms with Gasteiger partial charge in [-0.15, -0.1) is 0 Å². The molecule has 0 fully saturated rings. The molecule has 0 atom stereocenters. The number of rotatable bonds is 7. The van der Waals surface area contributed by atoms with Crippen molar-refractivity contribution < 1.29 is 24.3 Å². The molecule has 0 aromatic rings. The van der Waals surface area contributed by atoms with Gasteiger partial charge in [0.05, 0.1) is 0 Å². The summed E-state index contributed by atoms with van der Waals surface area (Å²) in [4.78, 5) is 0. The standard InChI is InChI=1S/C6H13O.C5H11O.V/c1-3-6(4-2)5-7;1-5(2,3)4-6;/h6H,3-5H2,1-2H3;4H2,1-3H3;/q2*-1;+2. The number of hydrogen-bond donors (Lipinski definition) is 0. The second-order valence-electron chi connectivity index (χ2n) is 4.89. The normalized spacial score (nSPS) is 12.1. The number of hydrogen-bond acceptors (Lipinski definition) is 2. The van der Waals surface area contributed by atoms with Crippen molar-refractivity contribution in [2.45, 2.75) is 47.5 Å². The van der Waals surface area contributed by atoms with Crippen molar-refractivity contribution in [3.05, 3.63) is 0 Å². The van der Waals surface area contributed by atoms with E-state index in [2.05, 4.69) is 34.6 Å². The van der Waals surface area contributed by atoms with Crippen LogP contribution in [-0.2, 0) is 24.3 Å². The van der Waals surface area contributed by atoms with Crippen molar-refractivity contribution >= 4 is 0 Å². The zero-order chi connectivity index (χ0) is 11.0. The fourth-order valence-corrected chi connectivity index (χ4v) is 2.15. The summed E-state index contributed by atoms with van der Waals surface area (Å²) in [5, 5.41) is 0. The van der Waals surface area contributed by atoms with Crippen molar-refractivity contribution in [2.24, 2.45) is 11.3 Å². The van der Waals surface area contributed by atoms with E-state index in [1.807, 2.05) is 0 Å². The molecule has 14 heavy (non-hydrogen) atoms. The summed E-state index contributed by atoms with van der Waals surface area (Å²) in [6.45, 7) is 12.6. The van der Waals surface area contributed by atoms with Crippen LogP contribution in [-0.4, -0.2) is 13.2 Å². The van der Waals surface area contributed by atoms with Crippen molar-refractivity contribution in [2.75, 3.05) is 13.2 Å². The topological polar surface area (TPSA) is 18.5 Å². The van der Waals surface area contributed by atoms with Gasteiger partial charge in [-0.2, -0.15) is 0 Å². The quantitative estimate of drug-likeness (QED) is 0.634. The van der Waals surface area contributed by atoms with Crippen LogP contribution in [0.5, 0.6) is 0 Å². The van der Waals surface area contributed by atoms with E-state index >= 15 is 0 Å². The van der Waals surface area contributed by atoms with Crippen LogP contribution in [0.1, 0.15) is 47.5 Å². The predicted molar refractivity (Wildman–Crippen MR) is 55.4 cm³/mol. The fourth-order valence-electron chi connectivity index (χ4n) is 0.917. The Labute approximate surface area is 96.5 Å². The van der Waals surface area contributed by atoms with Gasteiger partial charge in [-0.3, -0.25) is 0 Å². The molecule has 0 radical (unpaired) electrons. The molecular weight excluding hydrogens is 215 g/mol. The van der Waals surface area contributed by atoms with Gasteiger partial charge in [0, 0.05) is 0 Å². The van der Waals surface area contributed by atoms with Gasteiger partial charge in [0.1, 0.15) is 0 Å². The van der Waals surface area contributed by atoms with Crippen LogP contribution < -0.4 is 0 Å². The Bertz CT molecular complexity index is 128. The van der Waals surface area contributed by atoms with E-state index in [-0.39, 0.29) is 22.4 Å². The summed E-state index contributed by atoms with van der Waals surface area (Å²) < 4.78 is 11.1. The first-order chi connectivity index (χ1) is 6.49. The summed E-state index contributed by atoms with van der Waals surface area (Å²) in [6, 6.07) is 0. The Hall–Kier alpha value is 0.504. The third kappa shape index (κ3) is 9.07. The molecule has 0 aliphatic carbocycles. The Kier molecular flexibility index (Phi) is 8.03. The van der Waals surface area contributed by atoms with Crippen LogP contribution in [0.15, 0.2) is 0 Å². The first kappa shape index (κ1) is 14.5. The molecule has 2 nitrogen and oxygen atoms in total. The second-order valence-corrected chi connectivity index (χ2v) is 5.93. The molecule has 0 bridgehead atoms. The minimum absolute atomic E-state index is 0.258. The van der Waals surface area contributed by atoms with E-state index in [4.69, 9.17) is 7.32 Å². The van der Waals surface area contributed by atoms with Crippen LogP contribution in [0.2, 0.25) is 0 Å². The molecule has 85 valence electrons. The van der Waals surface area contributed by atoms with Gasteiger partial charge < -0.3 is 0 Å². The van der Waals surface area contributed by atoms with Gasteiger partial charge in [0.15, 0.2) is 0 Å². The maximum atomic E-state index is 5.54. The molecule has 0 amide bonds. The third-order valence-electron chi connectivity index (χ3n) is 2.07. The average molecular weight is 239 g/mol. The Balaban J connectivity index is 3.29. The SMILES string of the molecule is CCC(CC)C[O][V][O]CC(C)(C)C. The van der Waals surface area contributed by atoms with E-state index in [0.29, 0.717) is 5.92 Å². The Morgan fingerprint density at radius 1 is 1.07 bits per heavy atom. The Morgan fingerprint density at radius 3 is 2.07 bits per heavy atom. The first-order valence-electron chi connectivity index (χ1n) is 5.44. The van der Waals surface area contributed by atoms with E-state index in [1.165, 1.54) is 12.8 Å². The van der Waals surface area contributed by atoms with Gasteiger partial charge in [-0.05, 0) is 0 Å². The predicted octanol–water partition coefficient (Wildman–Crippen LogP) is 3.41. The zero-order valence-corrected chi connectivity index (χ0v) is 11.6. The summed E-state index contributed by atoms with van der Waals surface area (Å²) in [5.74, 6) is 0.712. The Morgan fingerprint density at radius 2 is 1.64 bits per heavy atom. The van der Waals surface area contributed by atoms with Crippen LogP contribution in [0.25, 0.3) is 0 Å². The molecule has 0 heterocycles. The van der Waals surface area contributed by atoms with Crippen molar-refractivity contribution in [1.82, 2.24) is 0 Å². The fraction of sp³-hybridized carbons (Fsp3) is 1.00. The maximum absolute atomic E-state index is 5.54. The molecule has 0 aliphatic rings. The summed E-state index contributed by atoms with van der Waals surface area (Å²) in [5.41, 5.74) is 0.258. The molecule has 0 saturated heterocycles. The van der Waals surface area contributed by atoms with Crippen molar-refractivity contribution in [3.63, 3.8) is 0 Å². The second kappa shape index (κ2) is 7.75. The first-order valence-corrected chi connectivity index (χ1v) is 6.58. The molecular formula is C11H24O2V. The molecule has 3 heteroatoms. The average Bonchev–Trinajstić information content (AvgIpc) is 2.09. The molecule has 0 aromatic carbocycles. The van der Waals surface area contributed by atoms with Crippen LogP contribution in [0.4, 0.5) is 0 Å². The third-order valence-corrected chi connectivity index (χ3v) is 2.83. The van der Waals surface area contributed by atoms with Gasteiger partial charge in [-0.25, -0.2) is 0 Å². The minimum atomic E-state index is -0.350. The van der Waals surface area contributed by atoms with E-state index in [9.17, 15) is 0 Å². The van der Waals surface area contributed by atoms with Gasteiger partial charge in [-0.1, -0.05) is 0 Å². The van der Waals surface area contributed by atoms with E-state index in [0.717, 1.165) is 13.2 Å². The van der Waals surface area contributed by atoms with E-state index in [1.54, 1.807) is 0 Å². The molecule has 0 rings (SSSR count). The van der Waals surface area contributed by atoms with Gasteiger partial charge in [0.25, 0.3) is 0 Å². The molecule has 0 N–H and O–H groups in total. The van der Waals surface area contributed by atoms with Crippen LogP contribution >= 0.6 is 0 Å². The van der Waals surface area contributed by atoms with Crippen LogP contribution in [0, 0.1) is 11.3 Å². The summed E-state index contributed by atoms with van der Waals surface area (Å²) >= 11 is -0.350.